The predicted molar refractivity (Wildman–Crippen MR) is 69.3 cm³/mol. The Balaban J connectivity index is -0.0000000883. The summed E-state index contributed by atoms with van der Waals surface area (Å²) < 4.78 is 1.28. The lowest BCUT2D eigenvalue weighted by atomic mass is 10.3. The molecule has 0 heterocycles. The highest BCUT2D eigenvalue weighted by atomic mass is 27.0. The number of rotatable bonds is 4. The van der Waals surface area contributed by atoms with Gasteiger partial charge in [-0.2, -0.15) is 0 Å². The van der Waals surface area contributed by atoms with E-state index in [4.69, 9.17) is 9.90 Å². The summed E-state index contributed by atoms with van der Waals surface area (Å²) >= 11 is 0. The zero-order valence-corrected chi connectivity index (χ0v) is 10.1. The Morgan fingerprint density at radius 1 is 1.00 bits per heavy atom. The van der Waals surface area contributed by atoms with Crippen LogP contribution in [0.15, 0.2) is 0 Å². The van der Waals surface area contributed by atoms with Gasteiger partial charge in [0, 0.05) is 6.92 Å². The molecule has 0 atom stereocenters. The van der Waals surface area contributed by atoms with Crippen LogP contribution in [0.3, 0.4) is 0 Å². The second-order valence-corrected chi connectivity index (χ2v) is 3.13. The van der Waals surface area contributed by atoms with E-state index in [9.17, 15) is 0 Å². The van der Waals surface area contributed by atoms with Crippen molar-refractivity contribution in [3.63, 3.8) is 0 Å². The Morgan fingerprint density at radius 2 is 1.13 bits per heavy atom. The quantitative estimate of drug-likeness (QED) is 0.552. The van der Waals surface area contributed by atoms with Crippen LogP contribution in [0, 0.1) is 0 Å². The molecule has 3 N–H and O–H groups in total. The molecule has 0 fully saturated rings. The number of hydrogen-bond acceptors (Lipinski definition) is 1. The standard InChI is InChI=1S/C8H20N.C2H4O2.Al.H2O.3H/c1-5-9(6-2,7-3)8-4;1-2(3)4;;;;;/h5-8H2,1-4H3;1H3,(H,3,4);;1H2;;;/q+1;;;;;;. The molecular weight excluding hydrogens is 209 g/mol. The fourth-order valence-corrected chi connectivity index (χ4v) is 1.34. The van der Waals surface area contributed by atoms with Gasteiger partial charge in [-0.15, -0.1) is 0 Å². The fraction of sp³-hybridized carbons (Fsp3) is 0.900. The minimum absolute atomic E-state index is 0. The molecule has 15 heavy (non-hydrogen) atoms. The number of hydrogen-bond donors (Lipinski definition) is 1. The molecule has 94 valence electrons. The van der Waals surface area contributed by atoms with Crippen LogP contribution in [0.1, 0.15) is 34.6 Å². The van der Waals surface area contributed by atoms with Gasteiger partial charge < -0.3 is 15.1 Å². The van der Waals surface area contributed by atoms with Crippen LogP contribution in [0.5, 0.6) is 0 Å². The second kappa shape index (κ2) is 13.9. The minimum Gasteiger partial charge on any atom is -0.481 e. The Kier molecular flexibility index (Phi) is 22.5. The van der Waals surface area contributed by atoms with Crippen molar-refractivity contribution in [2.75, 3.05) is 26.2 Å². The Hall–Kier alpha value is -0.0775. The molecule has 0 bridgehead atoms. The molecule has 0 amide bonds. The van der Waals surface area contributed by atoms with Crippen LogP contribution in [0.4, 0.5) is 0 Å². The molecule has 0 saturated heterocycles. The van der Waals surface area contributed by atoms with Crippen LogP contribution in [-0.4, -0.2) is 64.6 Å². The number of carboxylic acids is 1. The van der Waals surface area contributed by atoms with Gasteiger partial charge in [-0.05, 0) is 27.7 Å². The lowest BCUT2D eigenvalue weighted by molar-refractivity contribution is -0.921. The summed E-state index contributed by atoms with van der Waals surface area (Å²) in [6, 6.07) is 0. The van der Waals surface area contributed by atoms with Gasteiger partial charge in [0.05, 0.1) is 26.2 Å². The summed E-state index contributed by atoms with van der Waals surface area (Å²) in [5.74, 6) is -0.833. The van der Waals surface area contributed by atoms with Gasteiger partial charge in [0.1, 0.15) is 0 Å². The van der Waals surface area contributed by atoms with Crippen LogP contribution < -0.4 is 0 Å². The zero-order chi connectivity index (χ0) is 10.9. The molecule has 0 rings (SSSR count). The largest absolute Gasteiger partial charge is 0.481 e. The van der Waals surface area contributed by atoms with Gasteiger partial charge in [0.25, 0.3) is 5.97 Å². The van der Waals surface area contributed by atoms with E-state index in [0.29, 0.717) is 0 Å². The van der Waals surface area contributed by atoms with Crippen molar-refractivity contribution in [1.82, 2.24) is 0 Å². The average Bonchev–Trinajstić information content (AvgIpc) is 2.09. The van der Waals surface area contributed by atoms with Gasteiger partial charge in [0.15, 0.2) is 17.4 Å². The van der Waals surface area contributed by atoms with E-state index >= 15 is 0 Å². The van der Waals surface area contributed by atoms with Crippen molar-refractivity contribution < 1.29 is 19.9 Å². The van der Waals surface area contributed by atoms with Crippen molar-refractivity contribution in [2.45, 2.75) is 34.6 Å². The monoisotopic (exact) mass is 238 g/mol. The summed E-state index contributed by atoms with van der Waals surface area (Å²) in [6.07, 6.45) is 0. The zero-order valence-electron chi connectivity index (χ0n) is 10.1. The first-order chi connectivity index (χ1) is 5.97. The van der Waals surface area contributed by atoms with E-state index in [1.807, 2.05) is 0 Å². The highest BCUT2D eigenvalue weighted by molar-refractivity contribution is 5.75. The summed E-state index contributed by atoms with van der Waals surface area (Å²) in [4.78, 5) is 9.00. The smallest absolute Gasteiger partial charge is 0.300 e. The molecule has 0 saturated carbocycles. The van der Waals surface area contributed by atoms with Crippen molar-refractivity contribution in [3.05, 3.63) is 0 Å². The third-order valence-electron chi connectivity index (χ3n) is 2.68. The molecule has 0 aliphatic rings. The number of carbonyl (C=O) groups is 1. The van der Waals surface area contributed by atoms with Gasteiger partial charge >= 0.3 is 0 Å². The van der Waals surface area contributed by atoms with Crippen LogP contribution in [0.25, 0.3) is 0 Å². The van der Waals surface area contributed by atoms with Gasteiger partial charge in [0.2, 0.25) is 0 Å². The van der Waals surface area contributed by atoms with E-state index in [-0.39, 0.29) is 22.8 Å². The van der Waals surface area contributed by atoms with Gasteiger partial charge in [-0.3, -0.25) is 4.79 Å². The van der Waals surface area contributed by atoms with E-state index < -0.39 is 5.97 Å². The van der Waals surface area contributed by atoms with Crippen molar-refractivity contribution >= 4 is 23.3 Å². The molecule has 0 radical (unpaired) electrons. The molecule has 4 nitrogen and oxygen atoms in total. The molecule has 0 aromatic carbocycles. The SMILES string of the molecule is CC(=O)O.CC[N+](CC)(CC)CC.O.[AlH3]. The maximum Gasteiger partial charge on any atom is 0.300 e. The van der Waals surface area contributed by atoms with Crippen molar-refractivity contribution in [2.24, 2.45) is 0 Å². The minimum atomic E-state index is -0.833. The topological polar surface area (TPSA) is 68.8 Å². The summed E-state index contributed by atoms with van der Waals surface area (Å²) in [7, 11) is 0. The molecular formula is C10H29AlNO3+. The molecule has 5 heteroatoms. The first kappa shape index (κ1) is 24.2. The molecule has 0 aromatic heterocycles. The lowest BCUT2D eigenvalue weighted by Gasteiger charge is -2.34. The predicted octanol–water partition coefficient (Wildman–Crippen LogP) is -0.0349. The van der Waals surface area contributed by atoms with E-state index in [0.717, 1.165) is 6.92 Å². The number of carboxylic acid groups (broad SMARTS) is 1. The summed E-state index contributed by atoms with van der Waals surface area (Å²) in [6.45, 7) is 15.3. The normalized spacial score (nSPS) is 8.87. The summed E-state index contributed by atoms with van der Waals surface area (Å²) in [5, 5.41) is 7.42. The van der Waals surface area contributed by atoms with Crippen LogP contribution >= 0.6 is 0 Å². The molecule has 0 unspecified atom stereocenters. The van der Waals surface area contributed by atoms with E-state index in [2.05, 4.69) is 27.7 Å². The van der Waals surface area contributed by atoms with Crippen LogP contribution in [-0.2, 0) is 4.79 Å². The Labute approximate surface area is 104 Å². The molecule has 0 spiro atoms. The average molecular weight is 238 g/mol. The fourth-order valence-electron chi connectivity index (χ4n) is 1.34. The third kappa shape index (κ3) is 13.9. The number of quaternary nitrogens is 1. The second-order valence-electron chi connectivity index (χ2n) is 3.13. The highest BCUT2D eigenvalue weighted by Gasteiger charge is 2.16. The lowest BCUT2D eigenvalue weighted by Crippen LogP contribution is -2.47. The van der Waals surface area contributed by atoms with Crippen LogP contribution in [0.2, 0.25) is 0 Å². The third-order valence-corrected chi connectivity index (χ3v) is 2.68. The van der Waals surface area contributed by atoms with Gasteiger partial charge in [-0.1, -0.05) is 0 Å². The molecule has 0 aliphatic heterocycles. The van der Waals surface area contributed by atoms with Crippen molar-refractivity contribution in [3.8, 4) is 0 Å². The number of aliphatic carboxylic acids is 1. The maximum absolute atomic E-state index is 9.00. The molecule has 0 aliphatic carbocycles. The van der Waals surface area contributed by atoms with Gasteiger partial charge in [-0.25, -0.2) is 0 Å². The van der Waals surface area contributed by atoms with E-state index in [1.54, 1.807) is 0 Å². The Bertz CT molecular complexity index is 117. The first-order valence-corrected chi connectivity index (χ1v) is 5.02. The first-order valence-electron chi connectivity index (χ1n) is 5.02. The van der Waals surface area contributed by atoms with E-state index in [1.165, 1.54) is 30.7 Å². The number of nitrogens with zero attached hydrogens (tertiary/aromatic N) is 1. The highest BCUT2D eigenvalue weighted by Crippen LogP contribution is 2.03. The Morgan fingerprint density at radius 3 is 1.13 bits per heavy atom. The maximum atomic E-state index is 9.00. The molecule has 0 aromatic rings. The van der Waals surface area contributed by atoms with Crippen molar-refractivity contribution in [1.29, 1.82) is 0 Å². The summed E-state index contributed by atoms with van der Waals surface area (Å²) in [5.41, 5.74) is 0.